The minimum absolute atomic E-state index is 0.146. The summed E-state index contributed by atoms with van der Waals surface area (Å²) in [7, 11) is 0. The molecule has 10 heteroatoms. The number of nitrogens with zero attached hydrogens (tertiary/aromatic N) is 2. The van der Waals surface area contributed by atoms with E-state index in [0.29, 0.717) is 28.1 Å². The number of carbonyl (C=O) groups excluding carboxylic acids is 2. The number of aromatic nitrogens is 1. The maximum Gasteiger partial charge on any atom is 0.405 e. The van der Waals surface area contributed by atoms with E-state index in [9.17, 15) is 27.9 Å². The first-order chi connectivity index (χ1) is 18.1. The van der Waals surface area contributed by atoms with Crippen LogP contribution in [0.5, 0.6) is 0 Å². The molecule has 0 bridgehead atoms. The van der Waals surface area contributed by atoms with Gasteiger partial charge in [-0.3, -0.25) is 9.59 Å². The number of alkyl halides is 3. The van der Waals surface area contributed by atoms with Crippen molar-refractivity contribution in [2.24, 2.45) is 0 Å². The van der Waals surface area contributed by atoms with Crippen LogP contribution in [0.15, 0.2) is 65.1 Å². The average Bonchev–Trinajstić information content (AvgIpc) is 3.49. The fourth-order valence-corrected chi connectivity index (χ4v) is 4.86. The molecule has 1 aliphatic heterocycles. The number of carbonyl (C=O) groups is 2. The van der Waals surface area contributed by atoms with Gasteiger partial charge < -0.3 is 19.7 Å². The van der Waals surface area contributed by atoms with Gasteiger partial charge in [0.15, 0.2) is 0 Å². The molecule has 38 heavy (non-hydrogen) atoms. The predicted molar refractivity (Wildman–Crippen MR) is 134 cm³/mol. The Labute approximate surface area is 215 Å². The lowest BCUT2D eigenvalue weighted by atomic mass is 9.94. The first-order valence-electron chi connectivity index (χ1n) is 12.0. The Balaban J connectivity index is 1.63. The van der Waals surface area contributed by atoms with E-state index < -0.39 is 24.7 Å². The van der Waals surface area contributed by atoms with E-state index in [4.69, 9.17) is 4.42 Å². The second kappa shape index (κ2) is 9.94. The Hall–Kier alpha value is -4.18. The van der Waals surface area contributed by atoms with Gasteiger partial charge in [0, 0.05) is 42.2 Å². The molecule has 1 aliphatic rings. The number of halogens is 3. The van der Waals surface area contributed by atoms with Crippen LogP contribution in [0.2, 0.25) is 0 Å². The summed E-state index contributed by atoms with van der Waals surface area (Å²) in [5.74, 6) is -0.592. The Kier molecular flexibility index (Phi) is 6.66. The van der Waals surface area contributed by atoms with Gasteiger partial charge in [-0.05, 0) is 36.2 Å². The van der Waals surface area contributed by atoms with Gasteiger partial charge in [-0.1, -0.05) is 36.4 Å². The molecule has 196 valence electrons. The van der Waals surface area contributed by atoms with E-state index in [2.05, 4.69) is 4.98 Å². The topological polar surface area (TPSA) is 95.7 Å². The van der Waals surface area contributed by atoms with Crippen LogP contribution in [0.3, 0.4) is 0 Å². The van der Waals surface area contributed by atoms with Crippen molar-refractivity contribution < 1.29 is 32.3 Å². The third-order valence-corrected chi connectivity index (χ3v) is 6.53. The van der Waals surface area contributed by atoms with E-state index in [1.54, 1.807) is 17.0 Å². The molecule has 7 nitrogen and oxygen atoms in total. The molecule has 4 aromatic rings. The van der Waals surface area contributed by atoms with E-state index in [-0.39, 0.29) is 31.2 Å². The second-order valence-corrected chi connectivity index (χ2v) is 9.13. The van der Waals surface area contributed by atoms with Crippen LogP contribution in [0.25, 0.3) is 33.6 Å². The fraction of sp³-hybridized carbons (Fsp3) is 0.250. The standard InChI is InChI=1S/C28H24F3N3O4/c1-16(36)34-14-20-12-21(27(37)32-15-28(29,30)31)33-26(25(20)22(34)9-10-35)19-7-4-6-17(11-19)24-13-18-5-2-3-8-23(18)38-24/h2-8,11-13,22,35H,9-10,14-15H2,1H3,(H,32,37)/t22-/m1/s1. The quantitative estimate of drug-likeness (QED) is 0.361. The first-order valence-corrected chi connectivity index (χ1v) is 12.0. The Morgan fingerprint density at radius 1 is 1.11 bits per heavy atom. The largest absolute Gasteiger partial charge is 0.456 e. The summed E-state index contributed by atoms with van der Waals surface area (Å²) in [6.07, 6.45) is -4.34. The molecule has 3 heterocycles. The summed E-state index contributed by atoms with van der Waals surface area (Å²) < 4.78 is 44.2. The van der Waals surface area contributed by atoms with Crippen molar-refractivity contribution in [2.75, 3.05) is 13.2 Å². The molecule has 0 fully saturated rings. The molecule has 0 radical (unpaired) electrons. The fourth-order valence-electron chi connectivity index (χ4n) is 4.86. The van der Waals surface area contributed by atoms with Crippen molar-refractivity contribution in [2.45, 2.75) is 32.1 Å². The maximum atomic E-state index is 12.7. The molecular weight excluding hydrogens is 499 g/mol. The molecule has 0 saturated heterocycles. The van der Waals surface area contributed by atoms with Gasteiger partial charge in [0.1, 0.15) is 23.6 Å². The van der Waals surface area contributed by atoms with Crippen molar-refractivity contribution in [3.05, 3.63) is 77.5 Å². The molecule has 2 N–H and O–H groups in total. The number of hydrogen-bond acceptors (Lipinski definition) is 5. The molecule has 2 aromatic heterocycles. The molecule has 0 aliphatic carbocycles. The monoisotopic (exact) mass is 523 g/mol. The van der Waals surface area contributed by atoms with E-state index in [0.717, 1.165) is 16.5 Å². The highest BCUT2D eigenvalue weighted by molar-refractivity contribution is 5.94. The van der Waals surface area contributed by atoms with Gasteiger partial charge in [-0.2, -0.15) is 13.2 Å². The van der Waals surface area contributed by atoms with Crippen LogP contribution in [-0.4, -0.2) is 46.1 Å². The molecular formula is C28H24F3N3O4. The van der Waals surface area contributed by atoms with Gasteiger partial charge in [-0.15, -0.1) is 0 Å². The van der Waals surface area contributed by atoms with E-state index >= 15 is 0 Å². The van der Waals surface area contributed by atoms with Gasteiger partial charge in [0.2, 0.25) is 5.91 Å². The van der Waals surface area contributed by atoms with Crippen LogP contribution in [0.4, 0.5) is 13.2 Å². The molecule has 2 aromatic carbocycles. The van der Waals surface area contributed by atoms with E-state index in [1.165, 1.54) is 13.0 Å². The zero-order valence-electron chi connectivity index (χ0n) is 20.4. The first kappa shape index (κ1) is 25.5. The number of hydrogen-bond donors (Lipinski definition) is 2. The van der Waals surface area contributed by atoms with Crippen LogP contribution in [0.1, 0.15) is 41.0 Å². The number of rotatable bonds is 6. The molecule has 2 amide bonds. The van der Waals surface area contributed by atoms with Crippen LogP contribution >= 0.6 is 0 Å². The minimum Gasteiger partial charge on any atom is -0.456 e. The van der Waals surface area contributed by atoms with Gasteiger partial charge in [-0.25, -0.2) is 4.98 Å². The van der Waals surface area contributed by atoms with Crippen LogP contribution in [-0.2, 0) is 11.3 Å². The molecule has 0 spiro atoms. The highest BCUT2D eigenvalue weighted by Gasteiger charge is 2.36. The third kappa shape index (κ3) is 4.99. The number of aliphatic hydroxyl groups is 1. The van der Waals surface area contributed by atoms with Gasteiger partial charge >= 0.3 is 6.18 Å². The van der Waals surface area contributed by atoms with Crippen molar-refractivity contribution in [1.82, 2.24) is 15.2 Å². The number of aliphatic hydroxyl groups excluding tert-OH is 1. The zero-order valence-corrected chi connectivity index (χ0v) is 20.4. The van der Waals surface area contributed by atoms with E-state index in [1.807, 2.05) is 47.8 Å². The number of furan rings is 1. The van der Waals surface area contributed by atoms with Gasteiger partial charge in [0.25, 0.3) is 5.91 Å². The van der Waals surface area contributed by atoms with Crippen LogP contribution in [0, 0.1) is 0 Å². The number of pyridine rings is 1. The molecule has 0 unspecified atom stereocenters. The number of benzene rings is 2. The predicted octanol–water partition coefficient (Wildman–Crippen LogP) is 5.24. The number of nitrogens with one attached hydrogen (secondary N) is 1. The van der Waals surface area contributed by atoms with Gasteiger partial charge in [0.05, 0.1) is 11.7 Å². The zero-order chi connectivity index (χ0) is 27.0. The second-order valence-electron chi connectivity index (χ2n) is 9.13. The lowest BCUT2D eigenvalue weighted by Crippen LogP contribution is -2.34. The Morgan fingerprint density at radius 2 is 1.87 bits per heavy atom. The third-order valence-electron chi connectivity index (χ3n) is 6.53. The summed E-state index contributed by atoms with van der Waals surface area (Å²) in [6, 6.07) is 17.6. The Bertz CT molecular complexity index is 1500. The summed E-state index contributed by atoms with van der Waals surface area (Å²) >= 11 is 0. The highest BCUT2D eigenvalue weighted by Crippen LogP contribution is 2.42. The number of amides is 2. The lowest BCUT2D eigenvalue weighted by Gasteiger charge is -2.24. The molecule has 5 rings (SSSR count). The van der Waals surface area contributed by atoms with Crippen molar-refractivity contribution in [1.29, 1.82) is 0 Å². The molecule has 0 saturated carbocycles. The lowest BCUT2D eigenvalue weighted by molar-refractivity contribution is -0.131. The number of fused-ring (bicyclic) bond motifs is 2. The summed E-state index contributed by atoms with van der Waals surface area (Å²) in [4.78, 5) is 31.1. The smallest absolute Gasteiger partial charge is 0.405 e. The summed E-state index contributed by atoms with van der Waals surface area (Å²) in [6.45, 7) is -0.134. The number of para-hydroxylation sites is 1. The van der Waals surface area contributed by atoms with Crippen LogP contribution < -0.4 is 5.32 Å². The normalized spacial score (nSPS) is 15.1. The van der Waals surface area contributed by atoms with Crippen molar-refractivity contribution >= 4 is 22.8 Å². The Morgan fingerprint density at radius 3 is 2.58 bits per heavy atom. The summed E-state index contributed by atoms with van der Waals surface area (Å²) in [5, 5.41) is 12.5. The minimum atomic E-state index is -4.58. The SMILES string of the molecule is CC(=O)N1Cc2cc(C(=O)NCC(F)(F)F)nc(-c3cccc(-c4cc5ccccc5o4)c3)c2[C@H]1CCO. The summed E-state index contributed by atoms with van der Waals surface area (Å²) in [5.41, 5.74) is 3.47. The maximum absolute atomic E-state index is 12.7. The van der Waals surface area contributed by atoms with Crippen molar-refractivity contribution in [3.8, 4) is 22.6 Å². The highest BCUT2D eigenvalue weighted by atomic mass is 19.4. The van der Waals surface area contributed by atoms with Crippen molar-refractivity contribution in [3.63, 3.8) is 0 Å². The molecule has 1 atom stereocenters. The average molecular weight is 524 g/mol.